The summed E-state index contributed by atoms with van der Waals surface area (Å²) in [6.07, 6.45) is 0.758. The number of ether oxygens (including phenoxy) is 1. The minimum atomic E-state index is -0.854. The summed E-state index contributed by atoms with van der Waals surface area (Å²) in [5.41, 5.74) is 4.68. The van der Waals surface area contributed by atoms with E-state index < -0.39 is 18.0 Å². The Kier molecular flexibility index (Phi) is 6.21. The number of hydrogen-bond acceptors (Lipinski definition) is 4. The third kappa shape index (κ3) is 4.55. The van der Waals surface area contributed by atoms with Gasteiger partial charge in [-0.15, -0.1) is 0 Å². The second-order valence-corrected chi connectivity index (χ2v) is 8.02. The first-order valence-corrected chi connectivity index (χ1v) is 10.6. The van der Waals surface area contributed by atoms with Crippen LogP contribution in [-0.4, -0.2) is 54.2 Å². The van der Waals surface area contributed by atoms with E-state index in [2.05, 4.69) is 29.6 Å². The Morgan fingerprint density at radius 3 is 2.29 bits per heavy atom. The molecule has 2 N–H and O–H groups in total. The molecule has 31 heavy (non-hydrogen) atoms. The molecule has 1 aliphatic carbocycles. The Hall–Kier alpha value is -3.35. The van der Waals surface area contributed by atoms with Crippen LogP contribution in [0.5, 0.6) is 0 Å². The number of alkyl carbamates (subject to hydrolysis) is 1. The summed E-state index contributed by atoms with van der Waals surface area (Å²) in [6.45, 7) is 1.34. The second kappa shape index (κ2) is 9.20. The number of carbonyl (C=O) groups excluding carboxylic acids is 2. The molecule has 0 bridgehead atoms. The molecule has 0 radical (unpaired) electrons. The molecule has 0 saturated carbocycles. The van der Waals surface area contributed by atoms with Gasteiger partial charge in [-0.2, -0.15) is 0 Å². The normalized spacial score (nSPS) is 17.2. The number of aliphatic carboxylic acids is 1. The van der Waals surface area contributed by atoms with Gasteiger partial charge in [0.25, 0.3) is 0 Å². The molecule has 7 nitrogen and oxygen atoms in total. The predicted octanol–water partition coefficient (Wildman–Crippen LogP) is 3.24. The van der Waals surface area contributed by atoms with Crippen molar-refractivity contribution in [2.45, 2.75) is 25.2 Å². The maximum atomic E-state index is 12.2. The van der Waals surface area contributed by atoms with E-state index in [0.717, 1.165) is 11.1 Å². The third-order valence-electron chi connectivity index (χ3n) is 6.07. The van der Waals surface area contributed by atoms with Crippen LogP contribution in [0.25, 0.3) is 11.1 Å². The van der Waals surface area contributed by atoms with Gasteiger partial charge in [0.05, 0.1) is 5.92 Å². The molecular formula is C24H26N2O5. The standard InChI is InChI=1S/C24H26N2O5/c27-22(26-13-11-16(14-26)23(28)29)10-5-12-25-24(30)31-15-21-19-8-3-1-6-17(19)18-7-2-4-9-20(18)21/h1-4,6-9,16,21H,5,10-15H2,(H,25,30)(H,28,29). The molecule has 0 spiro atoms. The topological polar surface area (TPSA) is 95.9 Å². The van der Waals surface area contributed by atoms with Gasteiger partial charge < -0.3 is 20.1 Å². The Labute approximate surface area is 181 Å². The van der Waals surface area contributed by atoms with Crippen LogP contribution in [0.2, 0.25) is 0 Å². The van der Waals surface area contributed by atoms with E-state index in [1.165, 1.54) is 11.1 Å². The number of carboxylic acids is 1. The van der Waals surface area contributed by atoms with Crippen molar-refractivity contribution in [2.24, 2.45) is 5.92 Å². The molecule has 2 aromatic rings. The summed E-state index contributed by atoms with van der Waals surface area (Å²) < 4.78 is 5.48. The summed E-state index contributed by atoms with van der Waals surface area (Å²) in [5.74, 6) is -1.38. The van der Waals surface area contributed by atoms with E-state index in [9.17, 15) is 14.4 Å². The minimum Gasteiger partial charge on any atom is -0.481 e. The monoisotopic (exact) mass is 422 g/mol. The number of likely N-dealkylation sites (tertiary alicyclic amines) is 1. The molecular weight excluding hydrogens is 396 g/mol. The highest BCUT2D eigenvalue weighted by Gasteiger charge is 2.31. The lowest BCUT2D eigenvalue weighted by Crippen LogP contribution is -2.31. The zero-order valence-electron chi connectivity index (χ0n) is 17.3. The van der Waals surface area contributed by atoms with Gasteiger partial charge in [-0.25, -0.2) is 4.79 Å². The largest absolute Gasteiger partial charge is 0.481 e. The molecule has 1 heterocycles. The number of carbonyl (C=O) groups is 3. The van der Waals surface area contributed by atoms with Gasteiger partial charge in [0, 0.05) is 32.0 Å². The van der Waals surface area contributed by atoms with Crippen LogP contribution in [-0.2, 0) is 14.3 Å². The quantitative estimate of drug-likeness (QED) is 0.668. The van der Waals surface area contributed by atoms with E-state index in [1.807, 2.05) is 24.3 Å². The Morgan fingerprint density at radius 2 is 1.68 bits per heavy atom. The van der Waals surface area contributed by atoms with Crippen LogP contribution in [0.1, 0.15) is 36.3 Å². The minimum absolute atomic E-state index is 0.0112. The first-order valence-electron chi connectivity index (χ1n) is 10.6. The first-order chi connectivity index (χ1) is 15.0. The van der Waals surface area contributed by atoms with E-state index in [4.69, 9.17) is 9.84 Å². The van der Waals surface area contributed by atoms with E-state index >= 15 is 0 Å². The van der Waals surface area contributed by atoms with Crippen molar-refractivity contribution in [2.75, 3.05) is 26.2 Å². The second-order valence-electron chi connectivity index (χ2n) is 8.02. The highest BCUT2D eigenvalue weighted by molar-refractivity contribution is 5.80. The highest BCUT2D eigenvalue weighted by atomic mass is 16.5. The van der Waals surface area contributed by atoms with Crippen molar-refractivity contribution in [3.63, 3.8) is 0 Å². The van der Waals surface area contributed by atoms with Crippen molar-refractivity contribution in [1.82, 2.24) is 10.2 Å². The van der Waals surface area contributed by atoms with Gasteiger partial charge in [0.15, 0.2) is 0 Å². The molecule has 1 saturated heterocycles. The summed E-state index contributed by atoms with van der Waals surface area (Å²) in [4.78, 5) is 36.9. The molecule has 1 fully saturated rings. The summed E-state index contributed by atoms with van der Waals surface area (Å²) in [6, 6.07) is 16.3. The molecule has 1 aliphatic heterocycles. The molecule has 4 rings (SSSR count). The van der Waals surface area contributed by atoms with Gasteiger partial charge in [-0.1, -0.05) is 48.5 Å². The lowest BCUT2D eigenvalue weighted by Gasteiger charge is -2.16. The van der Waals surface area contributed by atoms with Gasteiger partial charge in [0.2, 0.25) is 5.91 Å². The van der Waals surface area contributed by atoms with Crippen molar-refractivity contribution < 1.29 is 24.2 Å². The van der Waals surface area contributed by atoms with Crippen LogP contribution >= 0.6 is 0 Å². The molecule has 2 aromatic carbocycles. The first kappa shape index (κ1) is 20.9. The van der Waals surface area contributed by atoms with E-state index in [-0.39, 0.29) is 31.4 Å². The SMILES string of the molecule is O=C(NCCCC(=O)N1CCC(C(=O)O)C1)OCC1c2ccccc2-c2ccccc21. The number of carboxylic acid groups (broad SMARTS) is 1. The van der Waals surface area contributed by atoms with Crippen molar-refractivity contribution >= 4 is 18.0 Å². The third-order valence-corrected chi connectivity index (χ3v) is 6.07. The number of rotatable bonds is 7. The van der Waals surface area contributed by atoms with Crippen molar-refractivity contribution in [3.05, 3.63) is 59.7 Å². The van der Waals surface area contributed by atoms with E-state index in [1.54, 1.807) is 4.90 Å². The van der Waals surface area contributed by atoms with Crippen LogP contribution in [0.3, 0.4) is 0 Å². The Balaban J connectivity index is 1.21. The fraction of sp³-hybridized carbons (Fsp3) is 0.375. The molecule has 1 unspecified atom stereocenters. The summed E-state index contributed by atoms with van der Waals surface area (Å²) >= 11 is 0. The number of nitrogens with zero attached hydrogens (tertiary/aromatic N) is 1. The highest BCUT2D eigenvalue weighted by Crippen LogP contribution is 2.44. The fourth-order valence-corrected chi connectivity index (χ4v) is 4.43. The number of amides is 2. The van der Waals surface area contributed by atoms with Gasteiger partial charge >= 0.3 is 12.1 Å². The van der Waals surface area contributed by atoms with Crippen LogP contribution in [0.4, 0.5) is 4.79 Å². The van der Waals surface area contributed by atoms with Crippen molar-refractivity contribution in [3.8, 4) is 11.1 Å². The lowest BCUT2D eigenvalue weighted by molar-refractivity contribution is -0.141. The number of nitrogens with one attached hydrogen (secondary N) is 1. The molecule has 1 atom stereocenters. The zero-order valence-corrected chi connectivity index (χ0v) is 17.3. The van der Waals surface area contributed by atoms with Crippen LogP contribution in [0, 0.1) is 5.92 Å². The maximum absolute atomic E-state index is 12.2. The van der Waals surface area contributed by atoms with E-state index in [0.29, 0.717) is 25.9 Å². The molecule has 2 amide bonds. The molecule has 7 heteroatoms. The summed E-state index contributed by atoms with van der Waals surface area (Å²) in [5, 5.41) is 11.7. The van der Waals surface area contributed by atoms with Crippen LogP contribution in [0.15, 0.2) is 48.5 Å². The molecule has 0 aromatic heterocycles. The lowest BCUT2D eigenvalue weighted by atomic mass is 9.98. The molecule has 162 valence electrons. The average molecular weight is 422 g/mol. The fourth-order valence-electron chi connectivity index (χ4n) is 4.43. The Morgan fingerprint density at radius 1 is 1.03 bits per heavy atom. The number of hydrogen-bond donors (Lipinski definition) is 2. The maximum Gasteiger partial charge on any atom is 0.407 e. The van der Waals surface area contributed by atoms with Gasteiger partial charge in [-0.3, -0.25) is 9.59 Å². The van der Waals surface area contributed by atoms with Gasteiger partial charge in [-0.05, 0) is 35.1 Å². The van der Waals surface area contributed by atoms with Crippen LogP contribution < -0.4 is 5.32 Å². The number of benzene rings is 2. The molecule has 2 aliphatic rings. The predicted molar refractivity (Wildman–Crippen MR) is 115 cm³/mol. The van der Waals surface area contributed by atoms with Gasteiger partial charge in [0.1, 0.15) is 6.61 Å². The zero-order chi connectivity index (χ0) is 21.8. The number of fused-ring (bicyclic) bond motifs is 3. The van der Waals surface area contributed by atoms with Crippen molar-refractivity contribution in [1.29, 1.82) is 0 Å². The Bertz CT molecular complexity index is 944. The smallest absolute Gasteiger partial charge is 0.407 e. The average Bonchev–Trinajstić information content (AvgIpc) is 3.39. The summed E-state index contributed by atoms with van der Waals surface area (Å²) in [7, 11) is 0.